The normalized spacial score (nSPS) is 12.3. The van der Waals surface area contributed by atoms with Crippen LogP contribution in [0.4, 0.5) is 0 Å². The molecule has 0 fully saturated rings. The predicted molar refractivity (Wildman–Crippen MR) is 64.7 cm³/mol. The molecule has 0 spiro atoms. The van der Waals surface area contributed by atoms with E-state index in [1.165, 1.54) is 0 Å². The lowest BCUT2D eigenvalue weighted by atomic mass is 10.1. The molecule has 1 atom stereocenters. The van der Waals surface area contributed by atoms with E-state index in [1.54, 1.807) is 14.2 Å². The van der Waals surface area contributed by atoms with Crippen LogP contribution in [0.5, 0.6) is 11.5 Å². The average Bonchev–Trinajstić information content (AvgIpc) is 2.26. The Morgan fingerprint density at radius 3 is 2.40 bits per heavy atom. The third-order valence-corrected chi connectivity index (χ3v) is 2.83. The molecule has 0 aliphatic rings. The topological polar surface area (TPSA) is 30.5 Å². The first-order valence-electron chi connectivity index (χ1n) is 4.72. The predicted octanol–water partition coefficient (Wildman–Crippen LogP) is 2.75. The summed E-state index contributed by atoms with van der Waals surface area (Å²) in [5.41, 5.74) is 1.08. The summed E-state index contributed by atoms with van der Waals surface area (Å²) in [6.07, 6.45) is 0. The molecule has 3 nitrogen and oxygen atoms in total. The molecule has 0 saturated carbocycles. The summed E-state index contributed by atoms with van der Waals surface area (Å²) < 4.78 is 11.6. The third kappa shape index (κ3) is 2.63. The second-order valence-corrected chi connectivity index (χ2v) is 4.16. The van der Waals surface area contributed by atoms with Gasteiger partial charge in [-0.2, -0.15) is 0 Å². The number of hydrogen-bond donors (Lipinski definition) is 1. The second kappa shape index (κ2) is 5.37. The minimum Gasteiger partial charge on any atom is -0.493 e. The standard InChI is InChI=1S/C11H16BrNO2/c1-7(13-2)9-5-8(12)6-10(14-3)11(9)15-4/h5-7,13H,1-4H3/t7-/m0/s1. The summed E-state index contributed by atoms with van der Waals surface area (Å²) >= 11 is 3.45. The van der Waals surface area contributed by atoms with Gasteiger partial charge in [-0.3, -0.25) is 0 Å². The van der Waals surface area contributed by atoms with E-state index in [-0.39, 0.29) is 6.04 Å². The van der Waals surface area contributed by atoms with Crippen LogP contribution in [0.3, 0.4) is 0 Å². The van der Waals surface area contributed by atoms with Crippen LogP contribution in [0.2, 0.25) is 0 Å². The van der Waals surface area contributed by atoms with Crippen molar-refractivity contribution in [3.05, 3.63) is 22.2 Å². The van der Waals surface area contributed by atoms with Crippen LogP contribution in [0.1, 0.15) is 18.5 Å². The van der Waals surface area contributed by atoms with Crippen LogP contribution in [0, 0.1) is 0 Å². The maximum absolute atomic E-state index is 5.36. The highest BCUT2D eigenvalue weighted by molar-refractivity contribution is 9.10. The number of rotatable bonds is 4. The molecule has 1 N–H and O–H groups in total. The summed E-state index contributed by atoms with van der Waals surface area (Å²) in [6.45, 7) is 2.07. The molecule has 15 heavy (non-hydrogen) atoms. The van der Waals surface area contributed by atoms with E-state index in [9.17, 15) is 0 Å². The maximum atomic E-state index is 5.36. The second-order valence-electron chi connectivity index (χ2n) is 3.24. The molecular weight excluding hydrogens is 258 g/mol. The fourth-order valence-corrected chi connectivity index (χ4v) is 1.89. The lowest BCUT2D eigenvalue weighted by Crippen LogP contribution is -2.13. The zero-order valence-electron chi connectivity index (χ0n) is 9.43. The van der Waals surface area contributed by atoms with E-state index in [2.05, 4.69) is 28.2 Å². The first-order valence-corrected chi connectivity index (χ1v) is 5.52. The summed E-state index contributed by atoms with van der Waals surface area (Å²) in [7, 11) is 5.20. The number of hydrogen-bond acceptors (Lipinski definition) is 3. The molecule has 0 radical (unpaired) electrons. The Hall–Kier alpha value is -0.740. The lowest BCUT2D eigenvalue weighted by Gasteiger charge is -2.18. The van der Waals surface area contributed by atoms with Gasteiger partial charge in [0.25, 0.3) is 0 Å². The van der Waals surface area contributed by atoms with Crippen molar-refractivity contribution in [3.8, 4) is 11.5 Å². The van der Waals surface area contributed by atoms with Crippen molar-refractivity contribution in [1.82, 2.24) is 5.32 Å². The van der Waals surface area contributed by atoms with E-state index in [0.717, 1.165) is 21.5 Å². The third-order valence-electron chi connectivity index (χ3n) is 2.37. The monoisotopic (exact) mass is 273 g/mol. The van der Waals surface area contributed by atoms with Gasteiger partial charge in [-0.15, -0.1) is 0 Å². The fourth-order valence-electron chi connectivity index (χ4n) is 1.44. The molecule has 4 heteroatoms. The maximum Gasteiger partial charge on any atom is 0.165 e. The van der Waals surface area contributed by atoms with Crippen LogP contribution in [-0.2, 0) is 0 Å². The van der Waals surface area contributed by atoms with Gasteiger partial charge in [-0.05, 0) is 26.1 Å². The number of nitrogens with one attached hydrogen (secondary N) is 1. The first kappa shape index (κ1) is 12.3. The number of benzene rings is 1. The van der Waals surface area contributed by atoms with Gasteiger partial charge in [0.2, 0.25) is 0 Å². The molecule has 0 heterocycles. The zero-order valence-corrected chi connectivity index (χ0v) is 11.0. The van der Waals surface area contributed by atoms with Gasteiger partial charge in [-0.25, -0.2) is 0 Å². The van der Waals surface area contributed by atoms with Crippen molar-refractivity contribution in [2.24, 2.45) is 0 Å². The van der Waals surface area contributed by atoms with E-state index < -0.39 is 0 Å². The zero-order chi connectivity index (χ0) is 11.4. The Labute approximate surface area is 98.9 Å². The van der Waals surface area contributed by atoms with Crippen molar-refractivity contribution >= 4 is 15.9 Å². The van der Waals surface area contributed by atoms with Gasteiger partial charge in [0.05, 0.1) is 14.2 Å². The average molecular weight is 274 g/mol. The van der Waals surface area contributed by atoms with E-state index >= 15 is 0 Å². The molecule has 1 aromatic rings. The molecule has 84 valence electrons. The SMILES string of the molecule is CN[C@@H](C)c1cc(Br)cc(OC)c1OC. The summed E-state index contributed by atoms with van der Waals surface area (Å²) in [6, 6.07) is 4.14. The van der Waals surface area contributed by atoms with Crippen LogP contribution in [-0.4, -0.2) is 21.3 Å². The number of halogens is 1. The van der Waals surface area contributed by atoms with Crippen molar-refractivity contribution in [2.75, 3.05) is 21.3 Å². The Bertz CT molecular complexity index is 342. The van der Waals surface area contributed by atoms with Gasteiger partial charge < -0.3 is 14.8 Å². The Morgan fingerprint density at radius 2 is 1.93 bits per heavy atom. The minimum absolute atomic E-state index is 0.214. The Morgan fingerprint density at radius 1 is 1.27 bits per heavy atom. The van der Waals surface area contributed by atoms with Gasteiger partial charge >= 0.3 is 0 Å². The van der Waals surface area contributed by atoms with Gasteiger partial charge in [0, 0.05) is 16.1 Å². The first-order chi connectivity index (χ1) is 7.13. The van der Waals surface area contributed by atoms with Gasteiger partial charge in [0.15, 0.2) is 11.5 Å². The number of methoxy groups -OCH3 is 2. The molecule has 0 bridgehead atoms. The van der Waals surface area contributed by atoms with Crippen molar-refractivity contribution in [3.63, 3.8) is 0 Å². The van der Waals surface area contributed by atoms with Crippen LogP contribution in [0.25, 0.3) is 0 Å². The van der Waals surface area contributed by atoms with Crippen molar-refractivity contribution < 1.29 is 9.47 Å². The van der Waals surface area contributed by atoms with E-state index in [4.69, 9.17) is 9.47 Å². The molecule has 0 aromatic heterocycles. The highest BCUT2D eigenvalue weighted by Gasteiger charge is 2.15. The van der Waals surface area contributed by atoms with Crippen molar-refractivity contribution in [1.29, 1.82) is 0 Å². The molecule has 1 rings (SSSR count). The molecule has 0 aliphatic heterocycles. The lowest BCUT2D eigenvalue weighted by molar-refractivity contribution is 0.348. The molecule has 1 aromatic carbocycles. The Kier molecular flexibility index (Phi) is 4.42. The molecule has 0 amide bonds. The molecular formula is C11H16BrNO2. The number of ether oxygens (including phenoxy) is 2. The van der Waals surface area contributed by atoms with Crippen LogP contribution >= 0.6 is 15.9 Å². The van der Waals surface area contributed by atoms with Crippen LogP contribution < -0.4 is 14.8 Å². The van der Waals surface area contributed by atoms with Gasteiger partial charge in [0.1, 0.15) is 0 Å². The highest BCUT2D eigenvalue weighted by atomic mass is 79.9. The summed E-state index contributed by atoms with van der Waals surface area (Å²) in [4.78, 5) is 0. The van der Waals surface area contributed by atoms with Crippen LogP contribution in [0.15, 0.2) is 16.6 Å². The molecule has 0 aliphatic carbocycles. The fraction of sp³-hybridized carbons (Fsp3) is 0.455. The smallest absolute Gasteiger partial charge is 0.165 e. The summed E-state index contributed by atoms with van der Waals surface area (Å²) in [5, 5.41) is 3.18. The van der Waals surface area contributed by atoms with Gasteiger partial charge in [-0.1, -0.05) is 15.9 Å². The van der Waals surface area contributed by atoms with E-state index in [0.29, 0.717) is 0 Å². The summed E-state index contributed by atoms with van der Waals surface area (Å²) in [5.74, 6) is 1.52. The molecule has 0 saturated heterocycles. The Balaban J connectivity index is 3.28. The molecule has 0 unspecified atom stereocenters. The minimum atomic E-state index is 0.214. The van der Waals surface area contributed by atoms with Crippen molar-refractivity contribution in [2.45, 2.75) is 13.0 Å². The largest absolute Gasteiger partial charge is 0.493 e. The quantitative estimate of drug-likeness (QED) is 0.915. The van der Waals surface area contributed by atoms with E-state index in [1.807, 2.05) is 19.2 Å². The highest BCUT2D eigenvalue weighted by Crippen LogP contribution is 2.37.